The highest BCUT2D eigenvalue weighted by atomic mass is 16.1. The highest BCUT2D eigenvalue weighted by Crippen LogP contribution is 2.29. The number of rotatable bonds is 8. The van der Waals surface area contributed by atoms with E-state index in [0.29, 0.717) is 6.04 Å². The van der Waals surface area contributed by atoms with Gasteiger partial charge in [0, 0.05) is 45.3 Å². The lowest BCUT2D eigenvalue weighted by Crippen LogP contribution is -2.50. The zero-order chi connectivity index (χ0) is 14.5. The van der Waals surface area contributed by atoms with Crippen LogP contribution in [0.15, 0.2) is 0 Å². The second-order valence-electron chi connectivity index (χ2n) is 6.65. The Labute approximate surface area is 122 Å². The van der Waals surface area contributed by atoms with Crippen molar-refractivity contribution < 1.29 is 4.79 Å². The molecule has 2 aliphatic rings. The molecule has 1 aliphatic heterocycles. The van der Waals surface area contributed by atoms with Crippen LogP contribution in [-0.2, 0) is 4.79 Å². The Bertz CT molecular complexity index is 309. The average Bonchev–Trinajstić information content (AvgIpc) is 3.19. The van der Waals surface area contributed by atoms with Gasteiger partial charge < -0.3 is 20.9 Å². The van der Waals surface area contributed by atoms with Gasteiger partial charge in [-0.1, -0.05) is 13.8 Å². The van der Waals surface area contributed by atoms with Gasteiger partial charge in [-0.15, -0.1) is 0 Å². The minimum Gasteiger partial charge on any atom is -0.368 e. The molecule has 1 unspecified atom stereocenters. The van der Waals surface area contributed by atoms with Crippen LogP contribution in [0, 0.1) is 5.92 Å². The van der Waals surface area contributed by atoms with Crippen molar-refractivity contribution in [3.8, 4) is 0 Å². The van der Waals surface area contributed by atoms with Crippen molar-refractivity contribution in [1.29, 1.82) is 0 Å². The lowest BCUT2D eigenvalue weighted by molar-refractivity contribution is -0.120. The fourth-order valence-electron chi connectivity index (χ4n) is 2.88. The lowest BCUT2D eigenvalue weighted by Gasteiger charge is -2.35. The minimum absolute atomic E-state index is 0.195. The van der Waals surface area contributed by atoms with Gasteiger partial charge in [-0.2, -0.15) is 0 Å². The van der Waals surface area contributed by atoms with Gasteiger partial charge >= 0.3 is 0 Å². The van der Waals surface area contributed by atoms with E-state index in [4.69, 9.17) is 5.73 Å². The quantitative estimate of drug-likeness (QED) is 0.670. The first kappa shape index (κ1) is 15.7. The van der Waals surface area contributed by atoms with Crippen LogP contribution in [-0.4, -0.2) is 67.1 Å². The maximum atomic E-state index is 11.4. The molecule has 1 saturated carbocycles. The molecular weight excluding hydrogens is 252 g/mol. The summed E-state index contributed by atoms with van der Waals surface area (Å²) in [5, 5.41) is 3.25. The van der Waals surface area contributed by atoms with Crippen molar-refractivity contribution in [2.75, 3.05) is 39.3 Å². The summed E-state index contributed by atoms with van der Waals surface area (Å²) in [4.78, 5) is 16.5. The maximum Gasteiger partial charge on any atom is 0.234 e. The maximum absolute atomic E-state index is 11.4. The Morgan fingerprint density at radius 1 is 1.20 bits per heavy atom. The van der Waals surface area contributed by atoms with Gasteiger partial charge in [-0.05, 0) is 25.2 Å². The van der Waals surface area contributed by atoms with Crippen molar-refractivity contribution >= 4 is 5.91 Å². The molecule has 2 rings (SSSR count). The molecule has 3 N–H and O–H groups in total. The molecule has 116 valence electrons. The molecule has 1 saturated heterocycles. The number of nitrogens with one attached hydrogen (secondary N) is 1. The van der Waals surface area contributed by atoms with Crippen LogP contribution in [0.4, 0.5) is 0 Å². The van der Waals surface area contributed by atoms with Crippen LogP contribution in [0.25, 0.3) is 0 Å². The molecule has 0 aromatic heterocycles. The van der Waals surface area contributed by atoms with Crippen molar-refractivity contribution in [2.45, 2.75) is 45.2 Å². The highest BCUT2D eigenvalue weighted by molar-refractivity contribution is 5.79. The third kappa shape index (κ3) is 5.38. The number of primary amides is 1. The molecule has 5 heteroatoms. The summed E-state index contributed by atoms with van der Waals surface area (Å²) in [5.74, 6) is 0.752. The molecule has 1 atom stereocenters. The highest BCUT2D eigenvalue weighted by Gasteiger charge is 2.26. The molecule has 20 heavy (non-hydrogen) atoms. The Morgan fingerprint density at radius 2 is 1.80 bits per heavy atom. The van der Waals surface area contributed by atoms with Crippen LogP contribution >= 0.6 is 0 Å². The van der Waals surface area contributed by atoms with E-state index in [0.717, 1.165) is 32.0 Å². The SMILES string of the molecule is CC(C)NC(CCN1CCN(CC2CC2)CC1)C(N)=O. The van der Waals surface area contributed by atoms with Gasteiger partial charge in [-0.3, -0.25) is 4.79 Å². The van der Waals surface area contributed by atoms with Crippen molar-refractivity contribution in [3.05, 3.63) is 0 Å². The van der Waals surface area contributed by atoms with Gasteiger partial charge in [-0.25, -0.2) is 0 Å². The van der Waals surface area contributed by atoms with E-state index in [1.54, 1.807) is 0 Å². The third-order valence-electron chi connectivity index (χ3n) is 4.29. The monoisotopic (exact) mass is 282 g/mol. The Balaban J connectivity index is 1.64. The Hall–Kier alpha value is -0.650. The van der Waals surface area contributed by atoms with Crippen molar-refractivity contribution in [1.82, 2.24) is 15.1 Å². The molecule has 0 aromatic rings. The predicted octanol–water partition coefficient (Wildman–Crippen LogP) is 0.256. The van der Waals surface area contributed by atoms with E-state index in [2.05, 4.69) is 15.1 Å². The summed E-state index contributed by atoms with van der Waals surface area (Å²) in [6, 6.07) is 0.0994. The van der Waals surface area contributed by atoms with Crippen LogP contribution in [0.5, 0.6) is 0 Å². The summed E-state index contributed by atoms with van der Waals surface area (Å²) in [6.07, 6.45) is 3.68. The molecule has 0 aromatic carbocycles. The summed E-state index contributed by atoms with van der Waals surface area (Å²) < 4.78 is 0. The topological polar surface area (TPSA) is 61.6 Å². The number of hydrogen-bond donors (Lipinski definition) is 2. The number of nitrogens with two attached hydrogens (primary N) is 1. The van der Waals surface area contributed by atoms with E-state index in [-0.39, 0.29) is 11.9 Å². The number of amides is 1. The van der Waals surface area contributed by atoms with Crippen LogP contribution < -0.4 is 11.1 Å². The molecule has 1 heterocycles. The first-order valence-corrected chi connectivity index (χ1v) is 8.04. The summed E-state index contributed by atoms with van der Waals surface area (Å²) in [5.41, 5.74) is 5.46. The molecule has 0 spiro atoms. The molecule has 0 radical (unpaired) electrons. The second-order valence-corrected chi connectivity index (χ2v) is 6.65. The normalized spacial score (nSPS) is 23.1. The van der Waals surface area contributed by atoms with E-state index >= 15 is 0 Å². The zero-order valence-corrected chi connectivity index (χ0v) is 13.0. The summed E-state index contributed by atoms with van der Waals surface area (Å²) in [7, 11) is 0. The van der Waals surface area contributed by atoms with Crippen LogP contribution in [0.3, 0.4) is 0 Å². The number of carbonyl (C=O) groups excluding carboxylic acids is 1. The fourth-order valence-corrected chi connectivity index (χ4v) is 2.88. The largest absolute Gasteiger partial charge is 0.368 e. The minimum atomic E-state index is -0.230. The summed E-state index contributed by atoms with van der Waals surface area (Å²) in [6.45, 7) is 11.0. The lowest BCUT2D eigenvalue weighted by atomic mass is 10.1. The van der Waals surface area contributed by atoms with Crippen molar-refractivity contribution in [2.24, 2.45) is 11.7 Å². The number of hydrogen-bond acceptors (Lipinski definition) is 4. The van der Waals surface area contributed by atoms with E-state index in [9.17, 15) is 4.79 Å². The smallest absolute Gasteiger partial charge is 0.234 e. The fraction of sp³-hybridized carbons (Fsp3) is 0.933. The average molecular weight is 282 g/mol. The predicted molar refractivity (Wildman–Crippen MR) is 81.5 cm³/mol. The van der Waals surface area contributed by atoms with Gasteiger partial charge in [0.1, 0.15) is 0 Å². The van der Waals surface area contributed by atoms with Crippen LogP contribution in [0.1, 0.15) is 33.1 Å². The molecule has 2 fully saturated rings. The molecule has 1 amide bonds. The van der Waals surface area contributed by atoms with Gasteiger partial charge in [0.05, 0.1) is 6.04 Å². The molecule has 1 aliphatic carbocycles. The van der Waals surface area contributed by atoms with Gasteiger partial charge in [0.2, 0.25) is 5.91 Å². The number of carbonyl (C=O) groups is 1. The molecular formula is C15H30N4O. The molecule has 0 bridgehead atoms. The zero-order valence-electron chi connectivity index (χ0n) is 13.0. The standard InChI is InChI=1S/C15H30N4O/c1-12(2)17-14(15(16)20)5-6-18-7-9-19(10-8-18)11-13-3-4-13/h12-14,17H,3-11H2,1-2H3,(H2,16,20). The summed E-state index contributed by atoms with van der Waals surface area (Å²) >= 11 is 0. The van der Waals surface area contributed by atoms with Gasteiger partial charge in [0.25, 0.3) is 0 Å². The van der Waals surface area contributed by atoms with Gasteiger partial charge in [0.15, 0.2) is 0 Å². The van der Waals surface area contributed by atoms with E-state index in [1.807, 2.05) is 13.8 Å². The molecule has 5 nitrogen and oxygen atoms in total. The number of nitrogens with zero attached hydrogens (tertiary/aromatic N) is 2. The first-order chi connectivity index (χ1) is 9.54. The van der Waals surface area contributed by atoms with Crippen molar-refractivity contribution in [3.63, 3.8) is 0 Å². The third-order valence-corrected chi connectivity index (χ3v) is 4.29. The Morgan fingerprint density at radius 3 is 2.30 bits per heavy atom. The van der Waals surface area contributed by atoms with E-state index in [1.165, 1.54) is 32.5 Å². The van der Waals surface area contributed by atoms with Crippen LogP contribution in [0.2, 0.25) is 0 Å². The Kier molecular flexibility index (Phi) is 5.81. The van der Waals surface area contributed by atoms with E-state index < -0.39 is 0 Å². The first-order valence-electron chi connectivity index (χ1n) is 8.04. The second kappa shape index (κ2) is 7.38. The number of piperazine rings is 1.